The highest BCUT2D eigenvalue weighted by Gasteiger charge is 2.08. The fourth-order valence-electron chi connectivity index (χ4n) is 1.83. The highest BCUT2D eigenvalue weighted by molar-refractivity contribution is 9.10. The van der Waals surface area contributed by atoms with E-state index in [0.717, 1.165) is 16.5 Å². The van der Waals surface area contributed by atoms with Crippen molar-refractivity contribution in [3.05, 3.63) is 64.1 Å². The summed E-state index contributed by atoms with van der Waals surface area (Å²) < 4.78 is 6.18. The summed E-state index contributed by atoms with van der Waals surface area (Å²) in [5.74, 6) is -0.247. The molecule has 23 heavy (non-hydrogen) atoms. The summed E-state index contributed by atoms with van der Waals surface area (Å²) in [5.41, 5.74) is 6.30. The van der Waals surface area contributed by atoms with E-state index in [4.69, 9.17) is 4.74 Å². The fraction of sp³-hybridized carbons (Fsp3) is 0.176. The molecular weight excluding hydrogens is 360 g/mol. The zero-order valence-corrected chi connectivity index (χ0v) is 14.2. The van der Waals surface area contributed by atoms with Gasteiger partial charge < -0.3 is 4.74 Å². The number of ether oxygens (including phenoxy) is 1. The first-order chi connectivity index (χ1) is 11.1. The topological polar surface area (TPSA) is 67.4 Å². The predicted molar refractivity (Wildman–Crippen MR) is 91.1 cm³/mol. The summed E-state index contributed by atoms with van der Waals surface area (Å²) >= 11 is 3.32. The van der Waals surface area contributed by atoms with Crippen molar-refractivity contribution in [2.45, 2.75) is 13.3 Å². The largest absolute Gasteiger partial charge is 0.484 e. The maximum Gasteiger partial charge on any atom is 0.276 e. The lowest BCUT2D eigenvalue weighted by Gasteiger charge is -2.09. The molecule has 2 aromatic rings. The van der Waals surface area contributed by atoms with Gasteiger partial charge in [0.1, 0.15) is 5.75 Å². The van der Waals surface area contributed by atoms with E-state index in [2.05, 4.69) is 26.8 Å². The second-order valence-electron chi connectivity index (χ2n) is 4.80. The minimum Gasteiger partial charge on any atom is -0.484 e. The van der Waals surface area contributed by atoms with Crippen molar-refractivity contribution in [2.75, 3.05) is 6.61 Å². The Bertz CT molecular complexity index is 686. The van der Waals surface area contributed by atoms with Crippen molar-refractivity contribution >= 4 is 27.7 Å². The van der Waals surface area contributed by atoms with Gasteiger partial charge in [0.25, 0.3) is 11.8 Å². The SMILES string of the molecule is CCc1ccc(C(=O)NNC(=O)COc2cccc(Br)c2)cc1. The van der Waals surface area contributed by atoms with Crippen LogP contribution >= 0.6 is 15.9 Å². The second kappa shape index (κ2) is 8.33. The molecule has 0 aliphatic carbocycles. The Labute approximate surface area is 143 Å². The maximum absolute atomic E-state index is 11.9. The van der Waals surface area contributed by atoms with Crippen LogP contribution in [0.25, 0.3) is 0 Å². The zero-order chi connectivity index (χ0) is 16.7. The molecule has 0 radical (unpaired) electrons. The standard InChI is InChI=1S/C17H17BrN2O3/c1-2-12-6-8-13(9-7-12)17(22)20-19-16(21)11-23-15-5-3-4-14(18)10-15/h3-10H,2,11H2,1H3,(H,19,21)(H,20,22). The van der Waals surface area contributed by atoms with Gasteiger partial charge in [0, 0.05) is 10.0 Å². The first kappa shape index (κ1) is 17.0. The normalized spacial score (nSPS) is 10.0. The summed E-state index contributed by atoms with van der Waals surface area (Å²) in [4.78, 5) is 23.6. The number of benzene rings is 2. The number of carbonyl (C=O) groups is 2. The molecule has 5 nitrogen and oxygen atoms in total. The number of carbonyl (C=O) groups excluding carboxylic acids is 2. The maximum atomic E-state index is 11.9. The minimum absolute atomic E-state index is 0.189. The Morgan fingerprint density at radius 2 is 1.83 bits per heavy atom. The van der Waals surface area contributed by atoms with Gasteiger partial charge in [-0.3, -0.25) is 20.4 Å². The summed E-state index contributed by atoms with van der Waals surface area (Å²) in [6.45, 7) is 1.85. The van der Waals surface area contributed by atoms with Crippen LogP contribution in [0.5, 0.6) is 5.75 Å². The molecule has 0 saturated carbocycles. The number of hydrogen-bond donors (Lipinski definition) is 2. The molecule has 0 aliphatic rings. The van der Waals surface area contributed by atoms with Crippen LogP contribution < -0.4 is 15.6 Å². The zero-order valence-electron chi connectivity index (χ0n) is 12.6. The van der Waals surface area contributed by atoms with Crippen LogP contribution in [0.15, 0.2) is 53.0 Å². The van der Waals surface area contributed by atoms with Crippen molar-refractivity contribution in [3.8, 4) is 5.75 Å². The van der Waals surface area contributed by atoms with Crippen LogP contribution in [-0.2, 0) is 11.2 Å². The number of nitrogens with one attached hydrogen (secondary N) is 2. The van der Waals surface area contributed by atoms with Gasteiger partial charge in [-0.2, -0.15) is 0 Å². The summed E-state index contributed by atoms with van der Waals surface area (Å²) in [6.07, 6.45) is 0.908. The average Bonchev–Trinajstić information content (AvgIpc) is 2.58. The lowest BCUT2D eigenvalue weighted by Crippen LogP contribution is -2.43. The summed E-state index contributed by atoms with van der Waals surface area (Å²) in [7, 11) is 0. The number of hydrogen-bond acceptors (Lipinski definition) is 3. The van der Waals surface area contributed by atoms with Crippen LogP contribution in [-0.4, -0.2) is 18.4 Å². The molecule has 0 heterocycles. The number of amides is 2. The highest BCUT2D eigenvalue weighted by Crippen LogP contribution is 2.17. The molecule has 0 aromatic heterocycles. The average molecular weight is 377 g/mol. The second-order valence-corrected chi connectivity index (χ2v) is 5.71. The molecule has 0 unspecified atom stereocenters. The number of rotatable bonds is 5. The third-order valence-corrected chi connectivity index (χ3v) is 3.60. The molecular formula is C17H17BrN2O3. The molecule has 2 aromatic carbocycles. The molecule has 2 N–H and O–H groups in total. The monoisotopic (exact) mass is 376 g/mol. The Kier molecular flexibility index (Phi) is 6.17. The van der Waals surface area contributed by atoms with Gasteiger partial charge in [-0.05, 0) is 42.3 Å². The lowest BCUT2D eigenvalue weighted by molar-refractivity contribution is -0.123. The van der Waals surface area contributed by atoms with E-state index in [-0.39, 0.29) is 12.5 Å². The van der Waals surface area contributed by atoms with Crippen LogP contribution in [0.2, 0.25) is 0 Å². The van der Waals surface area contributed by atoms with Crippen molar-refractivity contribution in [2.24, 2.45) is 0 Å². The Morgan fingerprint density at radius 3 is 2.48 bits per heavy atom. The van der Waals surface area contributed by atoms with Crippen molar-refractivity contribution in [3.63, 3.8) is 0 Å². The van der Waals surface area contributed by atoms with Gasteiger partial charge in [-0.25, -0.2) is 0 Å². The van der Waals surface area contributed by atoms with Gasteiger partial charge in [0.15, 0.2) is 6.61 Å². The first-order valence-electron chi connectivity index (χ1n) is 7.15. The van der Waals surface area contributed by atoms with E-state index in [1.807, 2.05) is 25.1 Å². The van der Waals surface area contributed by atoms with Crippen LogP contribution in [0.1, 0.15) is 22.8 Å². The van der Waals surface area contributed by atoms with E-state index in [9.17, 15) is 9.59 Å². The third-order valence-electron chi connectivity index (χ3n) is 3.11. The van der Waals surface area contributed by atoms with Gasteiger partial charge in [0.2, 0.25) is 0 Å². The number of hydrazine groups is 1. The molecule has 0 spiro atoms. The predicted octanol–water partition coefficient (Wildman–Crippen LogP) is 2.85. The molecule has 0 aliphatic heterocycles. The van der Waals surface area contributed by atoms with E-state index in [1.54, 1.807) is 30.3 Å². The molecule has 2 amide bonds. The van der Waals surface area contributed by atoms with Gasteiger partial charge in [-0.15, -0.1) is 0 Å². The molecule has 2 rings (SSSR count). The van der Waals surface area contributed by atoms with Gasteiger partial charge in [-0.1, -0.05) is 41.1 Å². The summed E-state index contributed by atoms with van der Waals surface area (Å²) in [5, 5.41) is 0. The van der Waals surface area contributed by atoms with E-state index < -0.39 is 5.91 Å². The Hall–Kier alpha value is -2.34. The fourth-order valence-corrected chi connectivity index (χ4v) is 2.21. The smallest absolute Gasteiger partial charge is 0.276 e. The van der Waals surface area contributed by atoms with Crippen molar-refractivity contribution < 1.29 is 14.3 Å². The first-order valence-corrected chi connectivity index (χ1v) is 7.94. The van der Waals surface area contributed by atoms with Crippen LogP contribution in [0.4, 0.5) is 0 Å². The third kappa shape index (κ3) is 5.41. The van der Waals surface area contributed by atoms with Crippen molar-refractivity contribution in [1.29, 1.82) is 0 Å². The Balaban J connectivity index is 1.78. The van der Waals surface area contributed by atoms with Crippen molar-refractivity contribution in [1.82, 2.24) is 10.9 Å². The lowest BCUT2D eigenvalue weighted by atomic mass is 10.1. The van der Waals surface area contributed by atoms with Gasteiger partial charge in [0.05, 0.1) is 0 Å². The molecule has 0 saturated heterocycles. The molecule has 0 bridgehead atoms. The minimum atomic E-state index is -0.441. The van der Waals surface area contributed by atoms with Crippen LogP contribution in [0.3, 0.4) is 0 Å². The van der Waals surface area contributed by atoms with Crippen LogP contribution in [0, 0.1) is 0 Å². The summed E-state index contributed by atoms with van der Waals surface area (Å²) in [6, 6.07) is 14.4. The molecule has 6 heteroatoms. The van der Waals surface area contributed by atoms with E-state index in [1.165, 1.54) is 0 Å². The van der Waals surface area contributed by atoms with E-state index in [0.29, 0.717) is 11.3 Å². The highest BCUT2D eigenvalue weighted by atomic mass is 79.9. The Morgan fingerprint density at radius 1 is 1.09 bits per heavy atom. The van der Waals surface area contributed by atoms with E-state index >= 15 is 0 Å². The molecule has 0 fully saturated rings. The number of halogens is 1. The quantitative estimate of drug-likeness (QED) is 0.788. The molecule has 0 atom stereocenters. The molecule has 120 valence electrons. The number of aryl methyl sites for hydroxylation is 1. The van der Waals surface area contributed by atoms with Gasteiger partial charge >= 0.3 is 0 Å².